The van der Waals surface area contributed by atoms with Crippen LogP contribution in [0.25, 0.3) is 0 Å². The van der Waals surface area contributed by atoms with Gasteiger partial charge in [0.15, 0.2) is 0 Å². The van der Waals surface area contributed by atoms with Crippen LogP contribution in [-0.4, -0.2) is 18.2 Å². The highest BCUT2D eigenvalue weighted by Crippen LogP contribution is 2.27. The summed E-state index contributed by atoms with van der Waals surface area (Å²) in [7, 11) is 0. The first kappa shape index (κ1) is 7.77. The second-order valence-electron chi connectivity index (χ2n) is 3.45. The predicted molar refractivity (Wildman–Crippen MR) is 47.9 cm³/mol. The van der Waals surface area contributed by atoms with Crippen molar-refractivity contribution in [3.8, 4) is 0 Å². The molecule has 1 saturated heterocycles. The molecule has 0 bridgehead atoms. The molecule has 0 amide bonds. The molecule has 64 valence electrons. The molecule has 2 N–H and O–H groups in total. The van der Waals surface area contributed by atoms with Gasteiger partial charge in [-0.1, -0.05) is 24.3 Å². The van der Waals surface area contributed by atoms with Gasteiger partial charge in [-0.2, -0.15) is 0 Å². The lowest BCUT2D eigenvalue weighted by molar-refractivity contribution is -0.0151. The van der Waals surface area contributed by atoms with E-state index < -0.39 is 5.60 Å². The van der Waals surface area contributed by atoms with Gasteiger partial charge >= 0.3 is 0 Å². The van der Waals surface area contributed by atoms with E-state index in [9.17, 15) is 5.11 Å². The highest BCUT2D eigenvalue weighted by Gasteiger charge is 2.36. The van der Waals surface area contributed by atoms with Crippen LogP contribution in [0, 0.1) is 6.92 Å². The molecule has 12 heavy (non-hydrogen) atoms. The summed E-state index contributed by atoms with van der Waals surface area (Å²) in [5, 5.41) is 13.1. The number of aliphatic hydroxyl groups is 1. The Labute approximate surface area is 72.2 Å². The molecule has 1 heterocycles. The Morgan fingerprint density at radius 3 is 2.50 bits per heavy atom. The Balaban J connectivity index is 2.39. The number of β-amino-alcohol motifs (C(OH)–C–C–N with tert-alkyl or cyclic N) is 1. The second kappa shape index (κ2) is 2.57. The summed E-state index contributed by atoms with van der Waals surface area (Å²) in [6.07, 6.45) is 0. The fourth-order valence-electron chi connectivity index (χ4n) is 1.65. The second-order valence-corrected chi connectivity index (χ2v) is 3.45. The summed E-state index contributed by atoms with van der Waals surface area (Å²) < 4.78 is 0. The van der Waals surface area contributed by atoms with Crippen molar-refractivity contribution in [1.29, 1.82) is 0 Å². The normalized spacial score (nSPS) is 20.2. The van der Waals surface area contributed by atoms with E-state index in [1.54, 1.807) is 0 Å². The Hall–Kier alpha value is -0.860. The van der Waals surface area contributed by atoms with E-state index in [0.29, 0.717) is 13.1 Å². The monoisotopic (exact) mass is 163 g/mol. The molecular formula is C10H13NO. The number of nitrogens with one attached hydrogen (secondary N) is 1. The molecule has 2 nitrogen and oxygen atoms in total. The Bertz CT molecular complexity index is 292. The molecule has 0 aromatic heterocycles. The molecule has 1 aliphatic heterocycles. The van der Waals surface area contributed by atoms with Crippen LogP contribution in [0.4, 0.5) is 0 Å². The van der Waals surface area contributed by atoms with Gasteiger partial charge in [0.25, 0.3) is 0 Å². The van der Waals surface area contributed by atoms with Gasteiger partial charge < -0.3 is 10.4 Å². The Morgan fingerprint density at radius 1 is 1.33 bits per heavy atom. The zero-order valence-corrected chi connectivity index (χ0v) is 7.17. The summed E-state index contributed by atoms with van der Waals surface area (Å²) in [6.45, 7) is 3.39. The van der Waals surface area contributed by atoms with Gasteiger partial charge in [0.05, 0.1) is 0 Å². The van der Waals surface area contributed by atoms with Gasteiger partial charge in [-0.15, -0.1) is 0 Å². The van der Waals surface area contributed by atoms with Crippen molar-refractivity contribution in [2.45, 2.75) is 12.5 Å². The van der Waals surface area contributed by atoms with E-state index in [1.165, 1.54) is 5.56 Å². The molecule has 0 unspecified atom stereocenters. The van der Waals surface area contributed by atoms with Crippen LogP contribution in [0.5, 0.6) is 0 Å². The van der Waals surface area contributed by atoms with E-state index in [-0.39, 0.29) is 0 Å². The van der Waals surface area contributed by atoms with Gasteiger partial charge in [0, 0.05) is 13.1 Å². The average molecular weight is 163 g/mol. The lowest BCUT2D eigenvalue weighted by atomic mass is 9.85. The molecule has 0 spiro atoms. The standard InChI is InChI=1S/C10H13NO/c1-8-4-2-3-5-9(8)10(12)6-11-7-10/h2-5,11-12H,6-7H2,1H3. The summed E-state index contributed by atoms with van der Waals surface area (Å²) in [5.41, 5.74) is 1.62. The fraction of sp³-hybridized carbons (Fsp3) is 0.400. The first-order valence-corrected chi connectivity index (χ1v) is 4.22. The van der Waals surface area contributed by atoms with E-state index in [2.05, 4.69) is 5.32 Å². The maximum Gasteiger partial charge on any atom is 0.115 e. The van der Waals surface area contributed by atoms with Crippen LogP contribution in [-0.2, 0) is 5.60 Å². The van der Waals surface area contributed by atoms with E-state index in [1.807, 2.05) is 31.2 Å². The van der Waals surface area contributed by atoms with Crippen LogP contribution >= 0.6 is 0 Å². The van der Waals surface area contributed by atoms with Crippen molar-refractivity contribution in [2.24, 2.45) is 0 Å². The van der Waals surface area contributed by atoms with Crippen LogP contribution < -0.4 is 5.32 Å². The van der Waals surface area contributed by atoms with Crippen LogP contribution in [0.1, 0.15) is 11.1 Å². The van der Waals surface area contributed by atoms with Gasteiger partial charge in [0.2, 0.25) is 0 Å². The third-order valence-corrected chi connectivity index (χ3v) is 2.48. The van der Waals surface area contributed by atoms with E-state index in [0.717, 1.165) is 5.56 Å². The highest BCUT2D eigenvalue weighted by molar-refractivity contribution is 5.33. The third kappa shape index (κ3) is 1.04. The van der Waals surface area contributed by atoms with Gasteiger partial charge in [-0.25, -0.2) is 0 Å². The maximum absolute atomic E-state index is 10.00. The van der Waals surface area contributed by atoms with Crippen molar-refractivity contribution < 1.29 is 5.11 Å². The molecule has 1 aromatic carbocycles. The van der Waals surface area contributed by atoms with Gasteiger partial charge in [0.1, 0.15) is 5.60 Å². The van der Waals surface area contributed by atoms with E-state index >= 15 is 0 Å². The summed E-state index contributed by atoms with van der Waals surface area (Å²) >= 11 is 0. The molecule has 0 radical (unpaired) electrons. The lowest BCUT2D eigenvalue weighted by Gasteiger charge is -2.38. The summed E-state index contributed by atoms with van der Waals surface area (Å²) in [5.74, 6) is 0. The molecule has 1 aromatic rings. The number of aryl methyl sites for hydroxylation is 1. The molecule has 0 saturated carbocycles. The van der Waals surface area contributed by atoms with Gasteiger partial charge in [-0.3, -0.25) is 0 Å². The smallest absolute Gasteiger partial charge is 0.115 e. The molecular weight excluding hydrogens is 150 g/mol. The highest BCUT2D eigenvalue weighted by atomic mass is 16.3. The Morgan fingerprint density at radius 2 is 2.00 bits per heavy atom. The SMILES string of the molecule is Cc1ccccc1C1(O)CNC1. The molecule has 1 aliphatic rings. The van der Waals surface area contributed by atoms with Gasteiger partial charge in [-0.05, 0) is 18.1 Å². The van der Waals surface area contributed by atoms with Crippen LogP contribution in [0.15, 0.2) is 24.3 Å². The minimum atomic E-state index is -0.606. The first-order valence-electron chi connectivity index (χ1n) is 4.22. The van der Waals surface area contributed by atoms with Crippen molar-refractivity contribution >= 4 is 0 Å². The summed E-state index contributed by atoms with van der Waals surface area (Å²) in [4.78, 5) is 0. The largest absolute Gasteiger partial charge is 0.382 e. The minimum Gasteiger partial charge on any atom is -0.382 e. The van der Waals surface area contributed by atoms with Crippen molar-refractivity contribution in [3.63, 3.8) is 0 Å². The molecule has 2 rings (SSSR count). The molecule has 2 heteroatoms. The zero-order valence-electron chi connectivity index (χ0n) is 7.17. The molecule has 1 fully saturated rings. The zero-order chi connectivity index (χ0) is 8.60. The third-order valence-electron chi connectivity index (χ3n) is 2.48. The van der Waals surface area contributed by atoms with Crippen molar-refractivity contribution in [3.05, 3.63) is 35.4 Å². The lowest BCUT2D eigenvalue weighted by Crippen LogP contribution is -2.57. The average Bonchev–Trinajstić information content (AvgIpc) is 2.01. The molecule has 0 atom stereocenters. The minimum absolute atomic E-state index is 0.606. The number of rotatable bonds is 1. The topological polar surface area (TPSA) is 32.3 Å². The summed E-state index contributed by atoms with van der Waals surface area (Å²) in [6, 6.07) is 7.99. The Kier molecular flexibility index (Phi) is 1.67. The van der Waals surface area contributed by atoms with Crippen molar-refractivity contribution in [2.75, 3.05) is 13.1 Å². The van der Waals surface area contributed by atoms with Crippen LogP contribution in [0.2, 0.25) is 0 Å². The van der Waals surface area contributed by atoms with Crippen LogP contribution in [0.3, 0.4) is 0 Å². The molecule has 0 aliphatic carbocycles. The maximum atomic E-state index is 10.00. The quantitative estimate of drug-likeness (QED) is 0.641. The fourth-order valence-corrected chi connectivity index (χ4v) is 1.65. The van der Waals surface area contributed by atoms with Crippen molar-refractivity contribution in [1.82, 2.24) is 5.32 Å². The predicted octanol–water partition coefficient (Wildman–Crippen LogP) is 0.786. The number of hydrogen-bond acceptors (Lipinski definition) is 2. The first-order chi connectivity index (χ1) is 5.72. The number of benzene rings is 1. The van der Waals surface area contributed by atoms with E-state index in [4.69, 9.17) is 0 Å². The number of hydrogen-bond donors (Lipinski definition) is 2.